The lowest BCUT2D eigenvalue weighted by Gasteiger charge is -2.21. The van der Waals surface area contributed by atoms with Crippen molar-refractivity contribution < 1.29 is 4.74 Å². The van der Waals surface area contributed by atoms with Crippen LogP contribution in [0.2, 0.25) is 0 Å². The standard InChI is InChI=1S/C22H29NO/c1-2-7-11-21(12-8-3-1)23-17-19-13-15-22(16-14-19)24-18-20-9-5-4-6-10-20/h4-6,9-10,13-16,21,23H,1-3,7-8,11-12,17-18H2. The first-order valence-electron chi connectivity index (χ1n) is 9.39. The van der Waals surface area contributed by atoms with Crippen LogP contribution in [0.4, 0.5) is 0 Å². The minimum absolute atomic E-state index is 0.626. The number of rotatable bonds is 6. The van der Waals surface area contributed by atoms with Gasteiger partial charge in [-0.25, -0.2) is 0 Å². The minimum Gasteiger partial charge on any atom is -0.489 e. The minimum atomic E-state index is 0.626. The monoisotopic (exact) mass is 323 g/mol. The topological polar surface area (TPSA) is 21.3 Å². The van der Waals surface area contributed by atoms with E-state index in [1.807, 2.05) is 18.2 Å². The van der Waals surface area contributed by atoms with Crippen molar-refractivity contribution in [3.63, 3.8) is 0 Å². The van der Waals surface area contributed by atoms with Gasteiger partial charge in [-0.3, -0.25) is 0 Å². The van der Waals surface area contributed by atoms with Crippen molar-refractivity contribution in [1.29, 1.82) is 0 Å². The zero-order valence-electron chi connectivity index (χ0n) is 14.5. The predicted molar refractivity (Wildman–Crippen MR) is 100 cm³/mol. The van der Waals surface area contributed by atoms with Crippen molar-refractivity contribution in [3.05, 3.63) is 65.7 Å². The molecule has 0 spiro atoms. The molecule has 0 unspecified atom stereocenters. The average molecular weight is 323 g/mol. The lowest BCUT2D eigenvalue weighted by atomic mass is 9.96. The number of hydrogen-bond acceptors (Lipinski definition) is 2. The summed E-state index contributed by atoms with van der Waals surface area (Å²) in [5.74, 6) is 0.938. The number of ether oxygens (including phenoxy) is 1. The molecular formula is C22H29NO. The number of nitrogens with one attached hydrogen (secondary N) is 1. The highest BCUT2D eigenvalue weighted by molar-refractivity contribution is 5.27. The molecular weight excluding hydrogens is 294 g/mol. The smallest absolute Gasteiger partial charge is 0.119 e. The molecule has 1 aliphatic carbocycles. The number of benzene rings is 2. The van der Waals surface area contributed by atoms with E-state index in [0.717, 1.165) is 12.3 Å². The fourth-order valence-corrected chi connectivity index (χ4v) is 3.37. The van der Waals surface area contributed by atoms with Gasteiger partial charge >= 0.3 is 0 Å². The summed E-state index contributed by atoms with van der Waals surface area (Å²) in [5, 5.41) is 3.74. The van der Waals surface area contributed by atoms with Crippen LogP contribution >= 0.6 is 0 Å². The molecule has 0 heterocycles. The van der Waals surface area contributed by atoms with Crippen molar-refractivity contribution >= 4 is 0 Å². The van der Waals surface area contributed by atoms with Gasteiger partial charge in [-0.15, -0.1) is 0 Å². The van der Waals surface area contributed by atoms with E-state index in [4.69, 9.17) is 4.74 Å². The van der Waals surface area contributed by atoms with Crippen LogP contribution in [0.3, 0.4) is 0 Å². The third kappa shape index (κ3) is 5.68. The molecule has 0 aliphatic heterocycles. The Morgan fingerprint density at radius 1 is 0.750 bits per heavy atom. The molecule has 1 saturated carbocycles. The second kappa shape index (κ2) is 9.48. The molecule has 3 rings (SSSR count). The fourth-order valence-electron chi connectivity index (χ4n) is 3.37. The van der Waals surface area contributed by atoms with Crippen LogP contribution in [-0.2, 0) is 13.2 Å². The molecule has 2 heteroatoms. The summed E-state index contributed by atoms with van der Waals surface area (Å²) in [7, 11) is 0. The maximum absolute atomic E-state index is 5.85. The van der Waals surface area contributed by atoms with Crippen molar-refractivity contribution in [1.82, 2.24) is 5.32 Å². The Morgan fingerprint density at radius 2 is 1.42 bits per heavy atom. The summed E-state index contributed by atoms with van der Waals surface area (Å²) >= 11 is 0. The molecule has 0 saturated heterocycles. The SMILES string of the molecule is c1ccc(COc2ccc(CNC3CCCCCCC3)cc2)cc1. The zero-order chi connectivity index (χ0) is 16.5. The summed E-state index contributed by atoms with van der Waals surface area (Å²) in [4.78, 5) is 0. The lowest BCUT2D eigenvalue weighted by Crippen LogP contribution is -2.29. The van der Waals surface area contributed by atoms with Crippen LogP contribution in [0.1, 0.15) is 56.1 Å². The normalized spacial score (nSPS) is 16.3. The van der Waals surface area contributed by atoms with E-state index >= 15 is 0 Å². The third-order valence-electron chi connectivity index (χ3n) is 4.87. The Hall–Kier alpha value is -1.80. The Kier molecular flexibility index (Phi) is 6.73. The molecule has 0 aromatic heterocycles. The lowest BCUT2D eigenvalue weighted by molar-refractivity contribution is 0.306. The van der Waals surface area contributed by atoms with Crippen molar-refractivity contribution in [3.8, 4) is 5.75 Å². The van der Waals surface area contributed by atoms with Gasteiger partial charge in [0.1, 0.15) is 12.4 Å². The molecule has 1 fully saturated rings. The maximum Gasteiger partial charge on any atom is 0.119 e. The molecule has 1 N–H and O–H groups in total. The highest BCUT2D eigenvalue weighted by atomic mass is 16.5. The zero-order valence-corrected chi connectivity index (χ0v) is 14.5. The van der Waals surface area contributed by atoms with Gasteiger partial charge in [0.05, 0.1) is 0 Å². The van der Waals surface area contributed by atoms with Crippen molar-refractivity contribution in [2.24, 2.45) is 0 Å². The summed E-state index contributed by atoms with van der Waals surface area (Å²) in [6.45, 7) is 1.59. The van der Waals surface area contributed by atoms with Gasteiger partial charge in [0.15, 0.2) is 0 Å². The van der Waals surface area contributed by atoms with Crippen LogP contribution in [0.25, 0.3) is 0 Å². The first-order valence-corrected chi connectivity index (χ1v) is 9.39. The van der Waals surface area contributed by atoms with Gasteiger partial charge in [0, 0.05) is 12.6 Å². The van der Waals surface area contributed by atoms with Crippen LogP contribution in [-0.4, -0.2) is 6.04 Å². The summed E-state index contributed by atoms with van der Waals surface area (Å²) in [6.07, 6.45) is 9.67. The van der Waals surface area contributed by atoms with Crippen LogP contribution in [0, 0.1) is 0 Å². The van der Waals surface area contributed by atoms with Gasteiger partial charge in [0.25, 0.3) is 0 Å². The van der Waals surface area contributed by atoms with Gasteiger partial charge in [-0.2, -0.15) is 0 Å². The molecule has 0 bridgehead atoms. The van der Waals surface area contributed by atoms with Crippen LogP contribution in [0.5, 0.6) is 5.75 Å². The van der Waals surface area contributed by atoms with E-state index in [2.05, 4.69) is 41.7 Å². The van der Waals surface area contributed by atoms with Crippen LogP contribution < -0.4 is 10.1 Å². The molecule has 0 atom stereocenters. The first-order chi connectivity index (χ1) is 11.9. The third-order valence-corrected chi connectivity index (χ3v) is 4.87. The maximum atomic E-state index is 5.85. The second-order valence-electron chi connectivity index (χ2n) is 6.84. The van der Waals surface area contributed by atoms with Crippen LogP contribution in [0.15, 0.2) is 54.6 Å². The summed E-state index contributed by atoms with van der Waals surface area (Å²) in [5.41, 5.74) is 2.54. The molecule has 1 aliphatic rings. The number of hydrogen-bond donors (Lipinski definition) is 1. The van der Waals surface area contributed by atoms with Gasteiger partial charge in [0.2, 0.25) is 0 Å². The molecule has 0 amide bonds. The van der Waals surface area contributed by atoms with E-state index in [0.29, 0.717) is 12.6 Å². The fraction of sp³-hybridized carbons (Fsp3) is 0.455. The average Bonchev–Trinajstić information content (AvgIpc) is 2.61. The first kappa shape index (κ1) is 17.0. The largest absolute Gasteiger partial charge is 0.489 e. The predicted octanol–water partition coefficient (Wildman–Crippen LogP) is 5.47. The second-order valence-corrected chi connectivity index (χ2v) is 6.84. The molecule has 0 radical (unpaired) electrons. The highest BCUT2D eigenvalue weighted by Gasteiger charge is 2.10. The Bertz CT molecular complexity index is 571. The molecule has 2 aromatic carbocycles. The quantitative estimate of drug-likeness (QED) is 0.761. The molecule has 2 nitrogen and oxygen atoms in total. The van der Waals surface area contributed by atoms with E-state index in [1.165, 1.54) is 56.1 Å². The van der Waals surface area contributed by atoms with Gasteiger partial charge in [-0.05, 0) is 36.1 Å². The van der Waals surface area contributed by atoms with E-state index in [-0.39, 0.29) is 0 Å². The summed E-state index contributed by atoms with van der Waals surface area (Å²) < 4.78 is 5.85. The van der Waals surface area contributed by atoms with Gasteiger partial charge < -0.3 is 10.1 Å². The Morgan fingerprint density at radius 3 is 2.12 bits per heavy atom. The van der Waals surface area contributed by atoms with Crippen molar-refractivity contribution in [2.45, 2.75) is 64.1 Å². The van der Waals surface area contributed by atoms with Gasteiger partial charge in [-0.1, -0.05) is 74.6 Å². The Labute approximate surface area is 146 Å². The Balaban J connectivity index is 1.44. The van der Waals surface area contributed by atoms with E-state index < -0.39 is 0 Å². The van der Waals surface area contributed by atoms with Crippen molar-refractivity contribution in [2.75, 3.05) is 0 Å². The molecule has 128 valence electrons. The van der Waals surface area contributed by atoms with E-state index in [1.54, 1.807) is 0 Å². The molecule has 24 heavy (non-hydrogen) atoms. The highest BCUT2D eigenvalue weighted by Crippen LogP contribution is 2.18. The molecule has 2 aromatic rings. The van der Waals surface area contributed by atoms with E-state index in [9.17, 15) is 0 Å². The summed E-state index contributed by atoms with van der Waals surface area (Å²) in [6, 6.07) is 19.5.